The van der Waals surface area contributed by atoms with Gasteiger partial charge in [0.25, 0.3) is 10.0 Å². The Kier molecular flexibility index (Phi) is 4.55. The minimum absolute atomic E-state index is 0.222. The van der Waals surface area contributed by atoms with Crippen LogP contribution < -0.4 is 4.72 Å². The lowest BCUT2D eigenvalue weighted by Crippen LogP contribution is -2.11. The van der Waals surface area contributed by atoms with Gasteiger partial charge in [0, 0.05) is 11.0 Å². The van der Waals surface area contributed by atoms with Gasteiger partial charge in [-0.2, -0.15) is 0 Å². The van der Waals surface area contributed by atoms with E-state index in [2.05, 4.69) is 20.7 Å². The molecule has 2 rings (SSSR count). The third kappa shape index (κ3) is 3.51. The molecule has 7 heteroatoms. The molecule has 0 amide bonds. The number of halogens is 2. The van der Waals surface area contributed by atoms with Crippen LogP contribution in [0.3, 0.4) is 0 Å². The van der Waals surface area contributed by atoms with Crippen LogP contribution in [0.5, 0.6) is 0 Å². The average Bonchev–Trinajstić information content (AvgIpc) is 2.70. The number of alkyl halides is 1. The fourth-order valence-corrected chi connectivity index (χ4v) is 4.59. The van der Waals surface area contributed by atoms with Crippen molar-refractivity contribution in [3.05, 3.63) is 45.8 Å². The van der Waals surface area contributed by atoms with Crippen molar-refractivity contribution >= 4 is 54.6 Å². The fourth-order valence-electron chi connectivity index (χ4n) is 1.49. The molecule has 0 bridgehead atoms. The predicted molar refractivity (Wildman–Crippen MR) is 83.9 cm³/mol. The summed E-state index contributed by atoms with van der Waals surface area (Å²) in [5.41, 5.74) is 2.31. The van der Waals surface area contributed by atoms with Crippen molar-refractivity contribution in [2.45, 2.75) is 16.5 Å². The van der Waals surface area contributed by atoms with Gasteiger partial charge in [0.15, 0.2) is 0 Å². The largest absolute Gasteiger partial charge is 0.279 e. The summed E-state index contributed by atoms with van der Waals surface area (Å²) in [5, 5.41) is 0.673. The van der Waals surface area contributed by atoms with Crippen LogP contribution in [0.25, 0.3) is 0 Å². The second-order valence-electron chi connectivity index (χ2n) is 3.96. The molecule has 2 aromatic rings. The molecule has 0 spiro atoms. The van der Waals surface area contributed by atoms with E-state index in [1.54, 1.807) is 31.2 Å². The van der Waals surface area contributed by atoms with Gasteiger partial charge in [-0.25, -0.2) is 8.42 Å². The SMILES string of the molecule is Cc1cc(S(=O)(=O)Nc2cccc(CBr)c2)sc1Cl. The standard InChI is InChI=1S/C12H11BrClNO2S2/c1-8-5-11(18-12(8)14)19(16,17)15-10-4-2-3-9(6-10)7-13/h2-6,15H,7H2,1H3. The van der Waals surface area contributed by atoms with E-state index in [9.17, 15) is 8.42 Å². The van der Waals surface area contributed by atoms with Crippen LogP contribution in [0.4, 0.5) is 5.69 Å². The maximum Gasteiger partial charge on any atom is 0.271 e. The average molecular weight is 381 g/mol. The highest BCUT2D eigenvalue weighted by Gasteiger charge is 2.18. The number of anilines is 1. The van der Waals surface area contributed by atoms with Crippen molar-refractivity contribution in [2.75, 3.05) is 4.72 Å². The van der Waals surface area contributed by atoms with Crippen LogP contribution in [0, 0.1) is 6.92 Å². The van der Waals surface area contributed by atoms with Gasteiger partial charge < -0.3 is 0 Å². The Morgan fingerprint density at radius 2 is 2.11 bits per heavy atom. The first kappa shape index (κ1) is 14.8. The lowest BCUT2D eigenvalue weighted by molar-refractivity contribution is 0.603. The third-order valence-electron chi connectivity index (χ3n) is 2.43. The number of aryl methyl sites for hydroxylation is 1. The van der Waals surface area contributed by atoms with Gasteiger partial charge in [0.2, 0.25) is 0 Å². The zero-order chi connectivity index (χ0) is 14.0. The van der Waals surface area contributed by atoms with Crippen molar-refractivity contribution < 1.29 is 8.42 Å². The maximum atomic E-state index is 12.2. The predicted octanol–water partition coefficient (Wildman–Crippen LogP) is 4.41. The van der Waals surface area contributed by atoms with Gasteiger partial charge in [0.1, 0.15) is 4.21 Å². The summed E-state index contributed by atoms with van der Waals surface area (Å²) in [7, 11) is -3.57. The molecule has 1 heterocycles. The van der Waals surface area contributed by atoms with Crippen molar-refractivity contribution in [2.24, 2.45) is 0 Å². The fraction of sp³-hybridized carbons (Fsp3) is 0.167. The molecule has 0 atom stereocenters. The highest BCUT2D eigenvalue weighted by Crippen LogP contribution is 2.31. The van der Waals surface area contributed by atoms with Crippen LogP contribution in [0.2, 0.25) is 4.34 Å². The summed E-state index contributed by atoms with van der Waals surface area (Å²) in [6.45, 7) is 1.78. The van der Waals surface area contributed by atoms with Crippen LogP contribution in [0.15, 0.2) is 34.5 Å². The van der Waals surface area contributed by atoms with Gasteiger partial charge >= 0.3 is 0 Å². The van der Waals surface area contributed by atoms with Gasteiger partial charge in [0.05, 0.1) is 4.34 Å². The Labute approximate surface area is 129 Å². The van der Waals surface area contributed by atoms with Crippen LogP contribution in [0.1, 0.15) is 11.1 Å². The molecule has 0 fully saturated rings. The molecule has 0 aliphatic heterocycles. The topological polar surface area (TPSA) is 46.2 Å². The van der Waals surface area contributed by atoms with E-state index in [4.69, 9.17) is 11.6 Å². The number of nitrogens with one attached hydrogen (secondary N) is 1. The van der Waals surface area contributed by atoms with E-state index in [-0.39, 0.29) is 4.21 Å². The van der Waals surface area contributed by atoms with E-state index in [1.807, 2.05) is 6.07 Å². The monoisotopic (exact) mass is 379 g/mol. The zero-order valence-electron chi connectivity index (χ0n) is 9.98. The summed E-state index contributed by atoms with van der Waals surface area (Å²) in [4.78, 5) is 0. The highest BCUT2D eigenvalue weighted by atomic mass is 79.9. The zero-order valence-corrected chi connectivity index (χ0v) is 14.0. The van der Waals surface area contributed by atoms with Crippen molar-refractivity contribution in [1.29, 1.82) is 0 Å². The number of benzene rings is 1. The minimum Gasteiger partial charge on any atom is -0.279 e. The quantitative estimate of drug-likeness (QED) is 0.799. The molecule has 1 aromatic carbocycles. The van der Waals surface area contributed by atoms with Crippen LogP contribution in [-0.2, 0) is 15.4 Å². The summed E-state index contributed by atoms with van der Waals surface area (Å²) in [5.74, 6) is 0. The molecular formula is C12H11BrClNO2S2. The van der Waals surface area contributed by atoms with Gasteiger partial charge in [-0.15, -0.1) is 11.3 Å². The Morgan fingerprint density at radius 3 is 2.68 bits per heavy atom. The number of hydrogen-bond acceptors (Lipinski definition) is 3. The molecule has 0 aliphatic carbocycles. The van der Waals surface area contributed by atoms with E-state index in [0.717, 1.165) is 22.5 Å². The maximum absolute atomic E-state index is 12.2. The molecular weight excluding hydrogens is 370 g/mol. The molecule has 19 heavy (non-hydrogen) atoms. The van der Waals surface area contributed by atoms with E-state index in [0.29, 0.717) is 15.4 Å². The van der Waals surface area contributed by atoms with Crippen LogP contribution >= 0.6 is 38.9 Å². The molecule has 1 aromatic heterocycles. The van der Waals surface area contributed by atoms with Crippen molar-refractivity contribution in [1.82, 2.24) is 0 Å². The minimum atomic E-state index is -3.57. The Bertz CT molecular complexity index is 678. The molecule has 1 N–H and O–H groups in total. The molecule has 0 saturated heterocycles. The van der Waals surface area contributed by atoms with E-state index in [1.165, 1.54) is 0 Å². The number of hydrogen-bond donors (Lipinski definition) is 1. The smallest absolute Gasteiger partial charge is 0.271 e. The molecule has 0 radical (unpaired) electrons. The number of sulfonamides is 1. The first-order valence-corrected chi connectivity index (χ1v) is 9.16. The number of thiophene rings is 1. The Balaban J connectivity index is 2.30. The van der Waals surface area contributed by atoms with Gasteiger partial charge in [-0.05, 0) is 36.2 Å². The van der Waals surface area contributed by atoms with Crippen LogP contribution in [-0.4, -0.2) is 8.42 Å². The normalized spacial score (nSPS) is 11.5. The third-order valence-corrected chi connectivity index (χ3v) is 6.49. The van der Waals surface area contributed by atoms with Gasteiger partial charge in [-0.3, -0.25) is 4.72 Å². The molecule has 3 nitrogen and oxygen atoms in total. The van der Waals surface area contributed by atoms with Gasteiger partial charge in [-0.1, -0.05) is 39.7 Å². The van der Waals surface area contributed by atoms with Crippen molar-refractivity contribution in [3.8, 4) is 0 Å². The second kappa shape index (κ2) is 5.83. The summed E-state index contributed by atoms with van der Waals surface area (Å²) in [6, 6.07) is 8.80. The second-order valence-corrected chi connectivity index (χ2v) is 8.09. The molecule has 0 saturated carbocycles. The van der Waals surface area contributed by atoms with E-state index < -0.39 is 10.0 Å². The first-order valence-electron chi connectivity index (χ1n) is 5.36. The van der Waals surface area contributed by atoms with E-state index >= 15 is 0 Å². The first-order chi connectivity index (χ1) is 8.92. The lowest BCUT2D eigenvalue weighted by atomic mass is 10.2. The summed E-state index contributed by atoms with van der Waals surface area (Å²) in [6.07, 6.45) is 0. The Morgan fingerprint density at radius 1 is 1.37 bits per heavy atom. The highest BCUT2D eigenvalue weighted by molar-refractivity contribution is 9.08. The number of rotatable bonds is 4. The molecule has 102 valence electrons. The molecule has 0 unspecified atom stereocenters. The van der Waals surface area contributed by atoms with Crippen molar-refractivity contribution in [3.63, 3.8) is 0 Å². The Hall–Kier alpha value is -0.560. The summed E-state index contributed by atoms with van der Waals surface area (Å²) < 4.78 is 27.7. The molecule has 0 aliphatic rings. The summed E-state index contributed by atoms with van der Waals surface area (Å²) >= 11 is 10.3. The lowest BCUT2D eigenvalue weighted by Gasteiger charge is -2.07.